The highest BCUT2D eigenvalue weighted by Gasteiger charge is 2.35. The Morgan fingerprint density at radius 3 is 2.29 bits per heavy atom. The van der Waals surface area contributed by atoms with Crippen LogP contribution in [0, 0.1) is 0 Å². The average molecular weight is 590 g/mol. The molecule has 41 heavy (non-hydrogen) atoms. The van der Waals surface area contributed by atoms with Crippen LogP contribution >= 0.6 is 11.8 Å². The molecular formula is C28H30F3N5O4S. The number of benzene rings is 3. The zero-order chi connectivity index (χ0) is 29.4. The van der Waals surface area contributed by atoms with Crippen molar-refractivity contribution in [2.24, 2.45) is 0 Å². The highest BCUT2D eigenvalue weighted by Crippen LogP contribution is 2.37. The van der Waals surface area contributed by atoms with Crippen LogP contribution in [0.25, 0.3) is 0 Å². The van der Waals surface area contributed by atoms with Gasteiger partial charge in [0.15, 0.2) is 0 Å². The molecule has 9 nitrogen and oxygen atoms in total. The highest BCUT2D eigenvalue weighted by molar-refractivity contribution is 7.98. The molecule has 0 bridgehead atoms. The van der Waals surface area contributed by atoms with Crippen LogP contribution in [0.15, 0.2) is 71.6 Å². The SMILES string of the molecule is CSc1ccccc1NC(=O)Nc1ccc(N2CCN(C(=O)Nc3ccc(OCCO)cc3C(F)(F)F)CC2)cc1. The van der Waals surface area contributed by atoms with E-state index in [1.165, 1.54) is 22.7 Å². The summed E-state index contributed by atoms with van der Waals surface area (Å²) in [6.45, 7) is 1.09. The van der Waals surface area contributed by atoms with Crippen molar-refractivity contribution in [3.63, 3.8) is 0 Å². The Morgan fingerprint density at radius 2 is 1.63 bits per heavy atom. The van der Waals surface area contributed by atoms with E-state index in [9.17, 15) is 22.8 Å². The molecular weight excluding hydrogens is 559 g/mol. The fourth-order valence-corrected chi connectivity index (χ4v) is 4.82. The van der Waals surface area contributed by atoms with Gasteiger partial charge >= 0.3 is 18.2 Å². The summed E-state index contributed by atoms with van der Waals surface area (Å²) >= 11 is 1.53. The van der Waals surface area contributed by atoms with E-state index in [2.05, 4.69) is 20.9 Å². The number of anilines is 4. The van der Waals surface area contributed by atoms with Crippen molar-refractivity contribution in [3.8, 4) is 5.75 Å². The van der Waals surface area contributed by atoms with Gasteiger partial charge in [0.05, 0.1) is 23.5 Å². The Balaban J connectivity index is 1.30. The van der Waals surface area contributed by atoms with Gasteiger partial charge in [0, 0.05) is 42.4 Å². The molecule has 0 spiro atoms. The first kappa shape index (κ1) is 29.9. The summed E-state index contributed by atoms with van der Waals surface area (Å²) in [5.41, 5.74) is 0.816. The molecule has 0 aliphatic carbocycles. The molecule has 4 N–H and O–H groups in total. The van der Waals surface area contributed by atoms with Crippen molar-refractivity contribution < 1.29 is 32.6 Å². The van der Waals surface area contributed by atoms with Crippen molar-refractivity contribution >= 4 is 46.6 Å². The molecule has 0 radical (unpaired) electrons. The predicted octanol–water partition coefficient (Wildman–Crippen LogP) is 5.80. The number of rotatable bonds is 8. The van der Waals surface area contributed by atoms with Crippen LogP contribution in [0.5, 0.6) is 5.75 Å². The Morgan fingerprint density at radius 1 is 0.927 bits per heavy atom. The molecule has 1 heterocycles. The number of ether oxygens (including phenoxy) is 1. The molecule has 1 aliphatic rings. The molecule has 0 saturated carbocycles. The molecule has 13 heteroatoms. The van der Waals surface area contributed by atoms with Gasteiger partial charge in [-0.15, -0.1) is 11.8 Å². The number of para-hydroxylation sites is 1. The number of piperazine rings is 1. The molecule has 3 aromatic rings. The number of hydrogen-bond acceptors (Lipinski definition) is 6. The maximum atomic E-state index is 13.6. The molecule has 1 fully saturated rings. The third-order valence-corrected chi connectivity index (χ3v) is 7.11. The lowest BCUT2D eigenvalue weighted by Gasteiger charge is -2.36. The average Bonchev–Trinajstić information content (AvgIpc) is 2.96. The van der Waals surface area contributed by atoms with Crippen LogP contribution in [-0.4, -0.2) is 67.7 Å². The first-order valence-corrected chi connectivity index (χ1v) is 14.0. The number of thioether (sulfide) groups is 1. The molecule has 218 valence electrons. The smallest absolute Gasteiger partial charge is 0.418 e. The molecule has 3 aromatic carbocycles. The Kier molecular flexibility index (Phi) is 9.84. The number of carbonyl (C=O) groups excluding carboxylic acids is 2. The molecule has 0 atom stereocenters. The van der Waals surface area contributed by atoms with Gasteiger partial charge in [-0.2, -0.15) is 13.2 Å². The van der Waals surface area contributed by atoms with E-state index in [0.717, 1.165) is 28.4 Å². The lowest BCUT2D eigenvalue weighted by molar-refractivity contribution is -0.137. The number of amides is 4. The number of nitrogens with zero attached hydrogens (tertiary/aromatic N) is 2. The summed E-state index contributed by atoms with van der Waals surface area (Å²) < 4.78 is 45.9. The fourth-order valence-electron chi connectivity index (χ4n) is 4.27. The van der Waals surface area contributed by atoms with E-state index < -0.39 is 17.8 Å². The topological polar surface area (TPSA) is 106 Å². The summed E-state index contributed by atoms with van der Waals surface area (Å²) in [7, 11) is 0. The number of nitrogens with one attached hydrogen (secondary N) is 3. The van der Waals surface area contributed by atoms with E-state index in [1.54, 1.807) is 12.1 Å². The highest BCUT2D eigenvalue weighted by atomic mass is 32.2. The zero-order valence-electron chi connectivity index (χ0n) is 22.2. The monoisotopic (exact) mass is 589 g/mol. The van der Waals surface area contributed by atoms with Crippen LogP contribution in [-0.2, 0) is 6.18 Å². The van der Waals surface area contributed by atoms with Gasteiger partial charge in [-0.3, -0.25) is 0 Å². The lowest BCUT2D eigenvalue weighted by atomic mass is 10.1. The van der Waals surface area contributed by atoms with Gasteiger partial charge in [-0.05, 0) is 60.9 Å². The zero-order valence-corrected chi connectivity index (χ0v) is 23.0. The molecule has 4 amide bonds. The second-order valence-electron chi connectivity index (χ2n) is 9.01. The number of hydrogen-bond donors (Lipinski definition) is 4. The second-order valence-corrected chi connectivity index (χ2v) is 9.86. The van der Waals surface area contributed by atoms with Crippen LogP contribution in [0.3, 0.4) is 0 Å². The van der Waals surface area contributed by atoms with Gasteiger partial charge in [0.1, 0.15) is 12.4 Å². The second kappa shape index (κ2) is 13.5. The normalized spacial score (nSPS) is 13.5. The summed E-state index contributed by atoms with van der Waals surface area (Å²) in [6.07, 6.45) is -2.77. The number of halogens is 3. The van der Waals surface area contributed by atoms with Crippen LogP contribution in [0.4, 0.5) is 45.5 Å². The van der Waals surface area contributed by atoms with Crippen molar-refractivity contribution in [2.45, 2.75) is 11.1 Å². The van der Waals surface area contributed by atoms with Crippen molar-refractivity contribution in [2.75, 3.05) is 66.5 Å². The molecule has 1 saturated heterocycles. The first-order valence-electron chi connectivity index (χ1n) is 12.7. The quantitative estimate of drug-likeness (QED) is 0.248. The van der Waals surface area contributed by atoms with Crippen LogP contribution in [0.2, 0.25) is 0 Å². The third-order valence-electron chi connectivity index (χ3n) is 6.31. The summed E-state index contributed by atoms with van der Waals surface area (Å²) in [5.74, 6) is -0.0549. The van der Waals surface area contributed by atoms with Crippen LogP contribution in [0.1, 0.15) is 5.56 Å². The van der Waals surface area contributed by atoms with E-state index in [4.69, 9.17) is 9.84 Å². The summed E-state index contributed by atoms with van der Waals surface area (Å²) in [6, 6.07) is 17.0. The first-order chi connectivity index (χ1) is 19.7. The largest absolute Gasteiger partial charge is 0.491 e. The van der Waals surface area contributed by atoms with Crippen molar-refractivity contribution in [1.29, 1.82) is 0 Å². The minimum atomic E-state index is -4.71. The summed E-state index contributed by atoms with van der Waals surface area (Å²) in [5, 5.41) is 16.9. The molecule has 0 unspecified atom stereocenters. The standard InChI is InChI=1S/C28H30F3N5O4S/c1-41-25-5-3-2-4-24(25)33-26(38)32-19-6-8-20(9-7-19)35-12-14-36(15-13-35)27(39)34-23-11-10-21(40-17-16-37)18-22(23)28(29,30)31/h2-11,18,37H,12-17H2,1H3,(H,34,39)(H2,32,33,38). The molecule has 4 rings (SSSR count). The maximum Gasteiger partial charge on any atom is 0.418 e. The number of alkyl halides is 3. The van der Waals surface area contributed by atoms with Gasteiger partial charge in [-0.25, -0.2) is 9.59 Å². The van der Waals surface area contributed by atoms with Gasteiger partial charge in [-0.1, -0.05) is 12.1 Å². The fraction of sp³-hybridized carbons (Fsp3) is 0.286. The van der Waals surface area contributed by atoms with Crippen molar-refractivity contribution in [1.82, 2.24) is 4.90 Å². The van der Waals surface area contributed by atoms with E-state index >= 15 is 0 Å². The Labute approximate surface area is 239 Å². The summed E-state index contributed by atoms with van der Waals surface area (Å²) in [4.78, 5) is 29.7. The molecule has 1 aliphatic heterocycles. The van der Waals surface area contributed by atoms with E-state index in [-0.39, 0.29) is 30.7 Å². The lowest BCUT2D eigenvalue weighted by Crippen LogP contribution is -2.50. The Hall–Kier alpha value is -4.10. The van der Waals surface area contributed by atoms with Gasteiger partial charge in [0.2, 0.25) is 0 Å². The number of aliphatic hydroxyl groups is 1. The minimum Gasteiger partial charge on any atom is -0.491 e. The molecule has 0 aromatic heterocycles. The van der Waals surface area contributed by atoms with Crippen LogP contribution < -0.4 is 25.6 Å². The minimum absolute atomic E-state index is 0.0549. The Bertz CT molecular complexity index is 1350. The third kappa shape index (κ3) is 7.98. The van der Waals surface area contributed by atoms with Crippen molar-refractivity contribution in [3.05, 3.63) is 72.3 Å². The van der Waals surface area contributed by atoms with Gasteiger partial charge in [0.25, 0.3) is 0 Å². The maximum absolute atomic E-state index is 13.6. The van der Waals surface area contributed by atoms with Gasteiger partial charge < -0.3 is 35.6 Å². The van der Waals surface area contributed by atoms with E-state index in [1.807, 2.05) is 42.7 Å². The number of urea groups is 2. The predicted molar refractivity (Wildman–Crippen MR) is 154 cm³/mol. The van der Waals surface area contributed by atoms with E-state index in [0.29, 0.717) is 31.9 Å². The number of carbonyl (C=O) groups is 2. The number of aliphatic hydroxyl groups excluding tert-OH is 1.